The van der Waals surface area contributed by atoms with Gasteiger partial charge in [0.2, 0.25) is 10.0 Å². The van der Waals surface area contributed by atoms with E-state index in [9.17, 15) is 13.2 Å². The molecule has 0 aromatic carbocycles. The lowest BCUT2D eigenvalue weighted by atomic mass is 9.78. The molecule has 1 heterocycles. The predicted molar refractivity (Wildman–Crippen MR) is 75.9 cm³/mol. The van der Waals surface area contributed by atoms with E-state index >= 15 is 0 Å². The lowest BCUT2D eigenvalue weighted by Gasteiger charge is -2.39. The van der Waals surface area contributed by atoms with Gasteiger partial charge in [0, 0.05) is 17.8 Å². The first-order valence-electron chi connectivity index (χ1n) is 6.70. The van der Waals surface area contributed by atoms with Crippen molar-refractivity contribution in [1.82, 2.24) is 9.88 Å². The molecule has 3 N–H and O–H groups in total. The van der Waals surface area contributed by atoms with E-state index in [1.54, 1.807) is 4.57 Å². The van der Waals surface area contributed by atoms with Crippen LogP contribution in [0.5, 0.6) is 0 Å². The van der Waals surface area contributed by atoms with Gasteiger partial charge in [-0.05, 0) is 46.1 Å². The zero-order valence-corrected chi connectivity index (χ0v) is 12.8. The quantitative estimate of drug-likeness (QED) is 0.879. The van der Waals surface area contributed by atoms with Crippen LogP contribution >= 0.6 is 0 Å². The minimum atomic E-state index is -3.81. The summed E-state index contributed by atoms with van der Waals surface area (Å²) in [5.41, 5.74) is 0.155. The summed E-state index contributed by atoms with van der Waals surface area (Å²) in [4.78, 5) is 12.3. The Labute approximate surface area is 119 Å². The van der Waals surface area contributed by atoms with Crippen molar-refractivity contribution in [3.63, 3.8) is 0 Å². The highest BCUT2D eigenvalue weighted by molar-refractivity contribution is 7.89. The zero-order chi connectivity index (χ0) is 15.1. The SMILES string of the molecule is CC(C)n1cc(S(N)(=O)=O)cc1C(=O)NC1(C)CCC1. The molecule has 0 bridgehead atoms. The van der Waals surface area contributed by atoms with E-state index < -0.39 is 10.0 Å². The minimum Gasteiger partial charge on any atom is -0.346 e. The Hall–Kier alpha value is -1.34. The molecule has 6 nitrogen and oxygen atoms in total. The van der Waals surface area contributed by atoms with Crippen molar-refractivity contribution in [2.24, 2.45) is 5.14 Å². The maximum atomic E-state index is 12.4. The van der Waals surface area contributed by atoms with Gasteiger partial charge in [0.1, 0.15) is 10.6 Å². The lowest BCUT2D eigenvalue weighted by Crippen LogP contribution is -2.51. The summed E-state index contributed by atoms with van der Waals surface area (Å²) in [6.45, 7) is 5.77. The second kappa shape index (κ2) is 4.89. The van der Waals surface area contributed by atoms with Gasteiger partial charge in [-0.1, -0.05) is 0 Å². The molecule has 112 valence electrons. The van der Waals surface area contributed by atoms with Crippen LogP contribution in [-0.4, -0.2) is 24.4 Å². The zero-order valence-electron chi connectivity index (χ0n) is 12.0. The molecule has 1 fully saturated rings. The molecule has 1 saturated carbocycles. The van der Waals surface area contributed by atoms with Crippen LogP contribution in [0.3, 0.4) is 0 Å². The summed E-state index contributed by atoms with van der Waals surface area (Å²) in [5.74, 6) is -0.254. The number of hydrogen-bond donors (Lipinski definition) is 2. The minimum absolute atomic E-state index is 0.0274. The monoisotopic (exact) mass is 299 g/mol. The molecule has 0 unspecified atom stereocenters. The number of carbonyl (C=O) groups excluding carboxylic acids is 1. The first-order valence-corrected chi connectivity index (χ1v) is 8.24. The molecule has 1 amide bonds. The Bertz CT molecular complexity index is 627. The van der Waals surface area contributed by atoms with E-state index in [-0.39, 0.29) is 22.4 Å². The van der Waals surface area contributed by atoms with Gasteiger partial charge in [-0.25, -0.2) is 13.6 Å². The number of rotatable bonds is 4. The maximum Gasteiger partial charge on any atom is 0.268 e. The summed E-state index contributed by atoms with van der Waals surface area (Å²) >= 11 is 0. The number of sulfonamides is 1. The number of carbonyl (C=O) groups is 1. The van der Waals surface area contributed by atoms with E-state index in [0.29, 0.717) is 5.69 Å². The highest BCUT2D eigenvalue weighted by Crippen LogP contribution is 2.31. The molecule has 1 aromatic heterocycles. The van der Waals surface area contributed by atoms with E-state index in [4.69, 9.17) is 5.14 Å². The normalized spacial score (nSPS) is 17.9. The Morgan fingerprint density at radius 1 is 1.45 bits per heavy atom. The van der Waals surface area contributed by atoms with Gasteiger partial charge in [-0.3, -0.25) is 4.79 Å². The number of primary sulfonamides is 1. The third kappa shape index (κ3) is 2.88. The molecule has 0 saturated heterocycles. The second-order valence-electron chi connectivity index (χ2n) is 5.98. The van der Waals surface area contributed by atoms with Crippen LogP contribution in [-0.2, 0) is 10.0 Å². The molecule has 2 rings (SSSR count). The van der Waals surface area contributed by atoms with Gasteiger partial charge in [0.15, 0.2) is 0 Å². The molecule has 0 atom stereocenters. The number of aromatic nitrogens is 1. The van der Waals surface area contributed by atoms with Crippen molar-refractivity contribution in [2.75, 3.05) is 0 Å². The van der Waals surface area contributed by atoms with Crippen molar-refractivity contribution >= 4 is 15.9 Å². The fourth-order valence-electron chi connectivity index (χ4n) is 2.39. The highest BCUT2D eigenvalue weighted by Gasteiger charge is 2.34. The van der Waals surface area contributed by atoms with Crippen LogP contribution < -0.4 is 10.5 Å². The van der Waals surface area contributed by atoms with Gasteiger partial charge in [-0.2, -0.15) is 0 Å². The van der Waals surface area contributed by atoms with Crippen molar-refractivity contribution in [2.45, 2.75) is 56.5 Å². The number of hydrogen-bond acceptors (Lipinski definition) is 3. The second-order valence-corrected chi connectivity index (χ2v) is 7.54. The molecule has 0 spiro atoms. The smallest absolute Gasteiger partial charge is 0.268 e. The van der Waals surface area contributed by atoms with Crippen molar-refractivity contribution < 1.29 is 13.2 Å². The molecule has 1 aromatic rings. The van der Waals surface area contributed by atoms with Crippen molar-refractivity contribution in [3.8, 4) is 0 Å². The fourth-order valence-corrected chi connectivity index (χ4v) is 2.93. The van der Waals surface area contributed by atoms with Gasteiger partial charge in [0.25, 0.3) is 5.91 Å². The molecule has 1 aliphatic carbocycles. The van der Waals surface area contributed by atoms with Crippen LogP contribution in [0.4, 0.5) is 0 Å². The first-order chi connectivity index (χ1) is 9.12. The van der Waals surface area contributed by atoms with Crippen LogP contribution in [0.25, 0.3) is 0 Å². The lowest BCUT2D eigenvalue weighted by molar-refractivity contribution is 0.0839. The molecule has 7 heteroatoms. The van der Waals surface area contributed by atoms with Gasteiger partial charge in [0.05, 0.1) is 0 Å². The topological polar surface area (TPSA) is 94.2 Å². The molecule has 0 aliphatic heterocycles. The molecule has 1 aliphatic rings. The average Bonchev–Trinajstić information content (AvgIpc) is 2.71. The predicted octanol–water partition coefficient (Wildman–Crippen LogP) is 1.39. The standard InChI is InChI=1S/C13H21N3O3S/c1-9(2)16-8-10(20(14,18)19)7-11(16)12(17)15-13(3)5-4-6-13/h7-9H,4-6H2,1-3H3,(H,15,17)(H2,14,18,19). The number of nitrogens with one attached hydrogen (secondary N) is 1. The van der Waals surface area contributed by atoms with E-state index in [1.807, 2.05) is 20.8 Å². The number of nitrogens with zero attached hydrogens (tertiary/aromatic N) is 1. The third-order valence-corrected chi connectivity index (χ3v) is 4.69. The van der Waals surface area contributed by atoms with Gasteiger partial charge >= 0.3 is 0 Å². The molecule has 20 heavy (non-hydrogen) atoms. The maximum absolute atomic E-state index is 12.4. The summed E-state index contributed by atoms with van der Waals surface area (Å²) in [7, 11) is -3.81. The highest BCUT2D eigenvalue weighted by atomic mass is 32.2. The summed E-state index contributed by atoms with van der Waals surface area (Å²) in [6, 6.07) is 1.31. The van der Waals surface area contributed by atoms with Crippen molar-refractivity contribution in [1.29, 1.82) is 0 Å². The van der Waals surface area contributed by atoms with Crippen LogP contribution in [0.15, 0.2) is 17.2 Å². The molecular formula is C13H21N3O3S. The average molecular weight is 299 g/mol. The van der Waals surface area contributed by atoms with Crippen LogP contribution in [0, 0.1) is 0 Å². The Morgan fingerprint density at radius 3 is 2.45 bits per heavy atom. The number of nitrogens with two attached hydrogens (primary N) is 1. The van der Waals surface area contributed by atoms with Gasteiger partial charge in [-0.15, -0.1) is 0 Å². The molecular weight excluding hydrogens is 278 g/mol. The number of amides is 1. The summed E-state index contributed by atoms with van der Waals surface area (Å²) < 4.78 is 24.5. The van der Waals surface area contributed by atoms with Gasteiger partial charge < -0.3 is 9.88 Å². The van der Waals surface area contributed by atoms with Crippen LogP contribution in [0.2, 0.25) is 0 Å². The van der Waals surface area contributed by atoms with E-state index in [1.165, 1.54) is 12.3 Å². The third-order valence-electron chi connectivity index (χ3n) is 3.81. The largest absolute Gasteiger partial charge is 0.346 e. The first kappa shape index (κ1) is 15.1. The van der Waals surface area contributed by atoms with Crippen molar-refractivity contribution in [3.05, 3.63) is 18.0 Å². The molecule has 0 radical (unpaired) electrons. The Morgan fingerprint density at radius 2 is 2.05 bits per heavy atom. The summed E-state index contributed by atoms with van der Waals surface area (Å²) in [6.07, 6.45) is 4.41. The fraction of sp³-hybridized carbons (Fsp3) is 0.615. The Kier molecular flexibility index (Phi) is 3.68. The summed E-state index contributed by atoms with van der Waals surface area (Å²) in [5, 5.41) is 8.10. The van der Waals surface area contributed by atoms with Crippen LogP contribution in [0.1, 0.15) is 56.6 Å². The van der Waals surface area contributed by atoms with E-state index in [0.717, 1.165) is 19.3 Å². The Balaban J connectivity index is 2.34. The van der Waals surface area contributed by atoms with E-state index in [2.05, 4.69) is 5.32 Å².